The quantitative estimate of drug-likeness (QED) is 0.875. The standard InChI is InChI=1S/C12H5FN4O2/c13-8-3-7(12(18)19)1-2-10(8)17-6-16-9(4-14)11(17)5-15/h1-3,6H,(H,18,19). The van der Waals surface area contributed by atoms with Crippen LogP contribution in [-0.2, 0) is 0 Å². The van der Waals surface area contributed by atoms with E-state index in [1.54, 1.807) is 12.1 Å². The summed E-state index contributed by atoms with van der Waals surface area (Å²) < 4.78 is 14.9. The number of imidazole rings is 1. The Labute approximate surface area is 106 Å². The van der Waals surface area contributed by atoms with E-state index < -0.39 is 11.8 Å². The lowest BCUT2D eigenvalue weighted by atomic mass is 10.2. The average Bonchev–Trinajstić information content (AvgIpc) is 2.80. The number of benzene rings is 1. The second kappa shape index (κ2) is 4.59. The monoisotopic (exact) mass is 256 g/mol. The zero-order valence-corrected chi connectivity index (χ0v) is 9.33. The van der Waals surface area contributed by atoms with Gasteiger partial charge in [0.15, 0.2) is 11.4 Å². The molecule has 0 radical (unpaired) electrons. The fraction of sp³-hybridized carbons (Fsp3) is 0. The van der Waals surface area contributed by atoms with Crippen molar-refractivity contribution in [3.63, 3.8) is 0 Å². The number of nitriles is 2. The summed E-state index contributed by atoms with van der Waals surface area (Å²) in [6.07, 6.45) is 1.13. The maximum atomic E-state index is 13.8. The number of nitrogens with zero attached hydrogens (tertiary/aromatic N) is 4. The third kappa shape index (κ3) is 2.01. The van der Waals surface area contributed by atoms with Crippen LogP contribution in [0.5, 0.6) is 0 Å². The van der Waals surface area contributed by atoms with Crippen molar-refractivity contribution in [2.24, 2.45) is 0 Å². The zero-order valence-electron chi connectivity index (χ0n) is 9.33. The number of aromatic carboxylic acids is 1. The number of aromatic nitrogens is 2. The topological polar surface area (TPSA) is 103 Å². The van der Waals surface area contributed by atoms with Crippen molar-refractivity contribution in [2.45, 2.75) is 0 Å². The highest BCUT2D eigenvalue weighted by atomic mass is 19.1. The van der Waals surface area contributed by atoms with Crippen LogP contribution in [0.25, 0.3) is 5.69 Å². The number of halogens is 1. The van der Waals surface area contributed by atoms with Gasteiger partial charge in [-0.05, 0) is 18.2 Å². The van der Waals surface area contributed by atoms with E-state index in [1.807, 2.05) is 0 Å². The minimum absolute atomic E-state index is 0.0458. The third-order valence-electron chi connectivity index (χ3n) is 2.43. The molecule has 7 heteroatoms. The maximum absolute atomic E-state index is 13.8. The minimum Gasteiger partial charge on any atom is -0.478 e. The summed E-state index contributed by atoms with van der Waals surface area (Å²) in [4.78, 5) is 14.4. The minimum atomic E-state index is -1.26. The predicted octanol–water partition coefficient (Wildman–Crippen LogP) is 1.45. The Morgan fingerprint density at radius 1 is 1.37 bits per heavy atom. The molecule has 1 aromatic carbocycles. The van der Waals surface area contributed by atoms with E-state index in [1.165, 1.54) is 12.1 Å². The summed E-state index contributed by atoms with van der Waals surface area (Å²) in [5, 5.41) is 26.4. The highest BCUT2D eigenvalue weighted by Gasteiger charge is 2.15. The molecule has 0 spiro atoms. The summed E-state index contributed by atoms with van der Waals surface area (Å²) in [7, 11) is 0. The largest absolute Gasteiger partial charge is 0.478 e. The van der Waals surface area contributed by atoms with Crippen molar-refractivity contribution >= 4 is 5.97 Å². The second-order valence-corrected chi connectivity index (χ2v) is 3.51. The fourth-order valence-electron chi connectivity index (χ4n) is 1.56. The first-order chi connectivity index (χ1) is 9.08. The van der Waals surface area contributed by atoms with Gasteiger partial charge in [-0.15, -0.1) is 0 Å². The molecule has 1 heterocycles. The molecule has 0 saturated carbocycles. The van der Waals surface area contributed by atoms with Gasteiger partial charge in [0.2, 0.25) is 0 Å². The van der Waals surface area contributed by atoms with Crippen molar-refractivity contribution in [3.8, 4) is 17.8 Å². The fourth-order valence-corrected chi connectivity index (χ4v) is 1.56. The molecule has 0 atom stereocenters. The van der Waals surface area contributed by atoms with Crippen molar-refractivity contribution < 1.29 is 14.3 Å². The van der Waals surface area contributed by atoms with Crippen LogP contribution in [0.15, 0.2) is 24.5 Å². The lowest BCUT2D eigenvalue weighted by Crippen LogP contribution is -2.03. The number of carbonyl (C=O) groups is 1. The van der Waals surface area contributed by atoms with Crippen molar-refractivity contribution in [1.29, 1.82) is 10.5 Å². The highest BCUT2D eigenvalue weighted by Crippen LogP contribution is 2.18. The molecule has 0 amide bonds. The van der Waals surface area contributed by atoms with E-state index in [0.29, 0.717) is 0 Å². The number of hydrogen-bond donors (Lipinski definition) is 1. The van der Waals surface area contributed by atoms with Gasteiger partial charge in [-0.2, -0.15) is 10.5 Å². The first kappa shape index (κ1) is 12.3. The molecule has 1 aromatic heterocycles. The van der Waals surface area contributed by atoms with Crippen molar-refractivity contribution in [2.75, 3.05) is 0 Å². The van der Waals surface area contributed by atoms with Crippen LogP contribution in [0.3, 0.4) is 0 Å². The lowest BCUT2D eigenvalue weighted by molar-refractivity contribution is 0.0696. The Morgan fingerprint density at radius 2 is 2.11 bits per heavy atom. The first-order valence-electron chi connectivity index (χ1n) is 4.99. The Kier molecular flexibility index (Phi) is 2.96. The van der Waals surface area contributed by atoms with E-state index in [4.69, 9.17) is 15.6 Å². The maximum Gasteiger partial charge on any atom is 0.335 e. The van der Waals surface area contributed by atoms with Gasteiger partial charge in [-0.1, -0.05) is 0 Å². The molecule has 0 saturated heterocycles. The molecule has 0 aliphatic heterocycles. The smallest absolute Gasteiger partial charge is 0.335 e. The summed E-state index contributed by atoms with van der Waals surface area (Å²) in [5.74, 6) is -2.08. The summed E-state index contributed by atoms with van der Waals surface area (Å²) in [6.45, 7) is 0. The number of hydrogen-bond acceptors (Lipinski definition) is 4. The van der Waals surface area contributed by atoms with Crippen LogP contribution < -0.4 is 0 Å². The van der Waals surface area contributed by atoms with Crippen molar-refractivity contribution in [3.05, 3.63) is 47.3 Å². The van der Waals surface area contributed by atoms with Crippen LogP contribution >= 0.6 is 0 Å². The van der Waals surface area contributed by atoms with Gasteiger partial charge in [0, 0.05) is 0 Å². The number of carboxylic acid groups (broad SMARTS) is 1. The molecule has 2 rings (SSSR count). The van der Waals surface area contributed by atoms with E-state index in [-0.39, 0.29) is 22.6 Å². The van der Waals surface area contributed by atoms with Crippen LogP contribution in [0.4, 0.5) is 4.39 Å². The van der Waals surface area contributed by atoms with E-state index in [0.717, 1.165) is 17.0 Å². The first-order valence-corrected chi connectivity index (χ1v) is 4.99. The van der Waals surface area contributed by atoms with Crippen LogP contribution in [-0.4, -0.2) is 20.6 Å². The van der Waals surface area contributed by atoms with Gasteiger partial charge in [0.25, 0.3) is 0 Å². The summed E-state index contributed by atoms with van der Waals surface area (Å²) in [5.41, 5.74) is -0.482. The molecule has 0 fully saturated rings. The Bertz CT molecular complexity index is 752. The highest BCUT2D eigenvalue weighted by molar-refractivity contribution is 5.87. The molecule has 1 N–H and O–H groups in total. The summed E-state index contributed by atoms with van der Waals surface area (Å²) in [6, 6.07) is 6.72. The van der Waals surface area contributed by atoms with Crippen LogP contribution in [0.2, 0.25) is 0 Å². The van der Waals surface area contributed by atoms with Gasteiger partial charge in [-0.25, -0.2) is 14.2 Å². The molecule has 19 heavy (non-hydrogen) atoms. The SMILES string of the molecule is N#Cc1ncn(-c2ccc(C(=O)O)cc2F)c1C#N. The molecular weight excluding hydrogens is 251 g/mol. The molecule has 0 aliphatic carbocycles. The molecule has 92 valence electrons. The Hall–Kier alpha value is -3.19. The third-order valence-corrected chi connectivity index (χ3v) is 2.43. The number of rotatable bonds is 2. The second-order valence-electron chi connectivity index (χ2n) is 3.51. The molecule has 0 bridgehead atoms. The predicted molar refractivity (Wildman–Crippen MR) is 59.9 cm³/mol. The van der Waals surface area contributed by atoms with Gasteiger partial charge in [0.1, 0.15) is 24.3 Å². The number of carboxylic acids is 1. The summed E-state index contributed by atoms with van der Waals surface area (Å²) >= 11 is 0. The molecule has 2 aromatic rings. The van der Waals surface area contributed by atoms with E-state index in [2.05, 4.69) is 4.98 Å². The van der Waals surface area contributed by atoms with E-state index >= 15 is 0 Å². The molecular formula is C12H5FN4O2. The van der Waals surface area contributed by atoms with Gasteiger partial charge < -0.3 is 5.11 Å². The van der Waals surface area contributed by atoms with E-state index in [9.17, 15) is 9.18 Å². The molecule has 0 unspecified atom stereocenters. The molecule has 6 nitrogen and oxygen atoms in total. The van der Waals surface area contributed by atoms with Crippen LogP contribution in [0, 0.1) is 28.5 Å². The zero-order chi connectivity index (χ0) is 14.0. The lowest BCUT2D eigenvalue weighted by Gasteiger charge is -2.05. The Balaban J connectivity index is 2.61. The van der Waals surface area contributed by atoms with Crippen molar-refractivity contribution in [1.82, 2.24) is 9.55 Å². The van der Waals surface area contributed by atoms with Gasteiger partial charge in [-0.3, -0.25) is 4.57 Å². The molecule has 0 aliphatic rings. The van der Waals surface area contributed by atoms with Gasteiger partial charge in [0.05, 0.1) is 11.3 Å². The average molecular weight is 256 g/mol. The normalized spacial score (nSPS) is 9.63. The Morgan fingerprint density at radius 3 is 2.63 bits per heavy atom. The van der Waals surface area contributed by atoms with Crippen LogP contribution in [0.1, 0.15) is 21.7 Å². The van der Waals surface area contributed by atoms with Gasteiger partial charge >= 0.3 is 5.97 Å².